The highest BCUT2D eigenvalue weighted by Gasteiger charge is 2.26. The lowest BCUT2D eigenvalue weighted by atomic mass is 10.0. The number of H-pyrrole nitrogens is 1. The number of nitrogens with one attached hydrogen (secondary N) is 1. The molecule has 1 atom stereocenters. The molecule has 1 amide bonds. The van der Waals surface area contributed by atoms with E-state index in [9.17, 15) is 4.79 Å². The van der Waals surface area contributed by atoms with Gasteiger partial charge in [0.2, 0.25) is 0 Å². The minimum Gasteiger partial charge on any atom is -0.376 e. The van der Waals surface area contributed by atoms with Gasteiger partial charge < -0.3 is 14.4 Å². The molecule has 0 bridgehead atoms. The van der Waals surface area contributed by atoms with Gasteiger partial charge in [0.15, 0.2) is 0 Å². The molecule has 128 valence electrons. The molecule has 1 aromatic heterocycles. The molecule has 1 aromatic carbocycles. The maximum Gasteiger partial charge on any atom is 0.254 e. The fraction of sp³-hybridized carbons (Fsp3) is 0.444. The van der Waals surface area contributed by atoms with E-state index < -0.39 is 0 Å². The van der Waals surface area contributed by atoms with Crippen molar-refractivity contribution in [3.63, 3.8) is 0 Å². The first-order valence-electron chi connectivity index (χ1n) is 8.26. The van der Waals surface area contributed by atoms with E-state index in [1.807, 2.05) is 43.0 Å². The number of ether oxygens (including phenoxy) is 2. The topological polar surface area (TPSA) is 67.5 Å². The molecule has 1 unspecified atom stereocenters. The Hall–Kier alpha value is -2.18. The zero-order valence-corrected chi connectivity index (χ0v) is 14.1. The van der Waals surface area contributed by atoms with Crippen molar-refractivity contribution in [3.8, 4) is 11.1 Å². The summed E-state index contributed by atoms with van der Waals surface area (Å²) >= 11 is 0. The fourth-order valence-corrected chi connectivity index (χ4v) is 2.79. The van der Waals surface area contributed by atoms with E-state index in [1.54, 1.807) is 12.4 Å². The number of carbonyl (C=O) groups excluding carboxylic acids is 1. The molecule has 1 aliphatic heterocycles. The predicted molar refractivity (Wildman–Crippen MR) is 90.8 cm³/mol. The predicted octanol–water partition coefficient (Wildman–Crippen LogP) is 2.34. The van der Waals surface area contributed by atoms with Crippen LogP contribution in [0.5, 0.6) is 0 Å². The normalized spacial score (nSPS) is 18.1. The van der Waals surface area contributed by atoms with Crippen LogP contribution in [0.2, 0.25) is 0 Å². The van der Waals surface area contributed by atoms with Gasteiger partial charge >= 0.3 is 0 Å². The second kappa shape index (κ2) is 7.59. The van der Waals surface area contributed by atoms with Crippen molar-refractivity contribution in [1.29, 1.82) is 0 Å². The van der Waals surface area contributed by atoms with Crippen LogP contribution < -0.4 is 0 Å². The van der Waals surface area contributed by atoms with E-state index >= 15 is 0 Å². The summed E-state index contributed by atoms with van der Waals surface area (Å²) in [6.45, 7) is 6.17. The number of carbonyl (C=O) groups is 1. The second-order valence-electron chi connectivity index (χ2n) is 6.16. The van der Waals surface area contributed by atoms with Crippen LogP contribution in [0.4, 0.5) is 0 Å². The van der Waals surface area contributed by atoms with Gasteiger partial charge in [-0.1, -0.05) is 18.2 Å². The summed E-state index contributed by atoms with van der Waals surface area (Å²) < 4.78 is 11.3. The lowest BCUT2D eigenvalue weighted by molar-refractivity contribution is -0.0725. The molecule has 0 aliphatic carbocycles. The molecule has 2 heterocycles. The number of benzene rings is 1. The average Bonchev–Trinajstić information content (AvgIpc) is 3.14. The highest BCUT2D eigenvalue weighted by Crippen LogP contribution is 2.24. The lowest BCUT2D eigenvalue weighted by Gasteiger charge is -2.33. The molecule has 1 N–H and O–H groups in total. The summed E-state index contributed by atoms with van der Waals surface area (Å²) in [7, 11) is 0. The Kier molecular flexibility index (Phi) is 5.27. The van der Waals surface area contributed by atoms with E-state index in [-0.39, 0.29) is 18.1 Å². The SMILES string of the molecule is CC(C)OCC1CN(C(=O)c2ccccc2-c2cn[nH]c2)CCO1. The Labute approximate surface area is 141 Å². The van der Waals surface area contributed by atoms with Gasteiger partial charge in [-0.15, -0.1) is 0 Å². The molecule has 1 saturated heterocycles. The number of hydrogen-bond acceptors (Lipinski definition) is 4. The summed E-state index contributed by atoms with van der Waals surface area (Å²) in [5, 5.41) is 6.77. The van der Waals surface area contributed by atoms with Crippen LogP contribution >= 0.6 is 0 Å². The molecular formula is C18H23N3O3. The highest BCUT2D eigenvalue weighted by molar-refractivity contribution is 6.00. The van der Waals surface area contributed by atoms with Gasteiger partial charge in [-0.2, -0.15) is 5.10 Å². The van der Waals surface area contributed by atoms with E-state index in [1.165, 1.54) is 0 Å². The van der Waals surface area contributed by atoms with Gasteiger partial charge in [0.25, 0.3) is 5.91 Å². The van der Waals surface area contributed by atoms with Crippen LogP contribution in [0.15, 0.2) is 36.7 Å². The van der Waals surface area contributed by atoms with Crippen LogP contribution in [0, 0.1) is 0 Å². The molecule has 3 rings (SSSR count). The minimum absolute atomic E-state index is 0.0182. The van der Waals surface area contributed by atoms with Crippen molar-refractivity contribution < 1.29 is 14.3 Å². The van der Waals surface area contributed by atoms with Gasteiger partial charge in [-0.05, 0) is 25.5 Å². The van der Waals surface area contributed by atoms with Crippen LogP contribution in [-0.4, -0.2) is 59.5 Å². The third-order valence-electron chi connectivity index (χ3n) is 4.01. The molecule has 2 aromatic rings. The molecular weight excluding hydrogens is 306 g/mol. The Bertz CT molecular complexity index is 670. The van der Waals surface area contributed by atoms with Crippen molar-refractivity contribution in [2.24, 2.45) is 0 Å². The van der Waals surface area contributed by atoms with Gasteiger partial charge in [-0.3, -0.25) is 9.89 Å². The third kappa shape index (κ3) is 3.83. The van der Waals surface area contributed by atoms with Gasteiger partial charge in [-0.25, -0.2) is 0 Å². The quantitative estimate of drug-likeness (QED) is 0.914. The number of aromatic nitrogens is 2. The number of nitrogens with zero attached hydrogens (tertiary/aromatic N) is 2. The Balaban J connectivity index is 1.75. The maximum absolute atomic E-state index is 13.0. The average molecular weight is 329 g/mol. The number of morpholine rings is 1. The summed E-state index contributed by atoms with van der Waals surface area (Å²) in [5.41, 5.74) is 2.48. The second-order valence-corrected chi connectivity index (χ2v) is 6.16. The van der Waals surface area contributed by atoms with E-state index in [0.29, 0.717) is 31.9 Å². The molecule has 6 nitrogen and oxygen atoms in total. The number of rotatable bonds is 5. The fourth-order valence-electron chi connectivity index (χ4n) is 2.79. The van der Waals surface area contributed by atoms with Crippen molar-refractivity contribution in [3.05, 3.63) is 42.2 Å². The molecule has 1 fully saturated rings. The first-order chi connectivity index (χ1) is 11.6. The monoisotopic (exact) mass is 329 g/mol. The highest BCUT2D eigenvalue weighted by atomic mass is 16.5. The van der Waals surface area contributed by atoms with E-state index in [4.69, 9.17) is 9.47 Å². The van der Waals surface area contributed by atoms with Gasteiger partial charge in [0, 0.05) is 30.4 Å². The maximum atomic E-state index is 13.0. The van der Waals surface area contributed by atoms with Crippen molar-refractivity contribution in [1.82, 2.24) is 15.1 Å². The van der Waals surface area contributed by atoms with Crippen LogP contribution in [0.25, 0.3) is 11.1 Å². The molecule has 6 heteroatoms. The lowest BCUT2D eigenvalue weighted by Crippen LogP contribution is -2.47. The van der Waals surface area contributed by atoms with Crippen LogP contribution in [-0.2, 0) is 9.47 Å². The number of hydrogen-bond donors (Lipinski definition) is 1. The van der Waals surface area contributed by atoms with Crippen molar-refractivity contribution in [2.45, 2.75) is 26.1 Å². The Morgan fingerprint density at radius 3 is 3.04 bits per heavy atom. The zero-order valence-electron chi connectivity index (χ0n) is 14.1. The molecule has 24 heavy (non-hydrogen) atoms. The first-order valence-corrected chi connectivity index (χ1v) is 8.26. The standard InChI is InChI=1S/C18H23N3O3/c1-13(2)24-12-15-11-21(7-8-23-15)18(22)17-6-4-3-5-16(17)14-9-19-20-10-14/h3-6,9-10,13,15H,7-8,11-12H2,1-2H3,(H,19,20). The first kappa shape index (κ1) is 16.7. The Morgan fingerprint density at radius 1 is 1.46 bits per heavy atom. The summed E-state index contributed by atoms with van der Waals surface area (Å²) in [5.74, 6) is 0.0182. The van der Waals surface area contributed by atoms with E-state index in [0.717, 1.165) is 11.1 Å². The van der Waals surface area contributed by atoms with Crippen molar-refractivity contribution in [2.75, 3.05) is 26.3 Å². The third-order valence-corrected chi connectivity index (χ3v) is 4.01. The molecule has 0 radical (unpaired) electrons. The number of amides is 1. The molecule has 0 saturated carbocycles. The molecule has 0 spiro atoms. The summed E-state index contributed by atoms with van der Waals surface area (Å²) in [6.07, 6.45) is 3.60. The summed E-state index contributed by atoms with van der Waals surface area (Å²) in [6, 6.07) is 7.62. The van der Waals surface area contributed by atoms with Gasteiger partial charge in [0.1, 0.15) is 0 Å². The Morgan fingerprint density at radius 2 is 2.29 bits per heavy atom. The largest absolute Gasteiger partial charge is 0.376 e. The minimum atomic E-state index is -0.0776. The number of aromatic amines is 1. The zero-order chi connectivity index (χ0) is 16.9. The van der Waals surface area contributed by atoms with E-state index in [2.05, 4.69) is 10.2 Å². The van der Waals surface area contributed by atoms with Crippen LogP contribution in [0.3, 0.4) is 0 Å². The van der Waals surface area contributed by atoms with Gasteiger partial charge in [0.05, 0.1) is 31.6 Å². The van der Waals surface area contributed by atoms with Crippen LogP contribution in [0.1, 0.15) is 24.2 Å². The summed E-state index contributed by atoms with van der Waals surface area (Å²) in [4.78, 5) is 14.8. The smallest absolute Gasteiger partial charge is 0.254 e. The van der Waals surface area contributed by atoms with Crippen molar-refractivity contribution >= 4 is 5.91 Å². The molecule has 1 aliphatic rings.